The molecule has 0 saturated carbocycles. The SMILES string of the molecule is COc1ccc2c(c1)C(C(=O)N(C)CC(=O)c1ccc(O)cc1)CC(=O)N2. The van der Waals surface area contributed by atoms with Gasteiger partial charge in [-0.3, -0.25) is 14.4 Å². The number of ether oxygens (including phenoxy) is 1. The van der Waals surface area contributed by atoms with E-state index < -0.39 is 5.92 Å². The molecule has 27 heavy (non-hydrogen) atoms. The summed E-state index contributed by atoms with van der Waals surface area (Å²) in [5, 5.41) is 12.1. The quantitative estimate of drug-likeness (QED) is 0.789. The number of rotatable bonds is 5. The van der Waals surface area contributed by atoms with Gasteiger partial charge in [0.15, 0.2) is 5.78 Å². The first-order chi connectivity index (χ1) is 12.9. The van der Waals surface area contributed by atoms with Crippen molar-refractivity contribution in [2.45, 2.75) is 12.3 Å². The number of methoxy groups -OCH3 is 1. The van der Waals surface area contributed by atoms with Crippen LogP contribution in [-0.4, -0.2) is 48.3 Å². The van der Waals surface area contributed by atoms with Gasteiger partial charge in [0.25, 0.3) is 0 Å². The zero-order valence-electron chi connectivity index (χ0n) is 15.1. The predicted molar refractivity (Wildman–Crippen MR) is 99.1 cm³/mol. The minimum absolute atomic E-state index is 0.0107. The number of phenols is 1. The summed E-state index contributed by atoms with van der Waals surface area (Å²) in [6.45, 7) is -0.124. The Bertz CT molecular complexity index is 892. The Balaban J connectivity index is 1.79. The fraction of sp³-hybridized carbons (Fsp3) is 0.250. The number of phenolic OH excluding ortho intramolecular Hbond substituents is 1. The Kier molecular flexibility index (Phi) is 5.12. The summed E-state index contributed by atoms with van der Waals surface area (Å²) in [7, 11) is 3.06. The molecule has 3 rings (SSSR count). The van der Waals surface area contributed by atoms with Crippen LogP contribution in [0.3, 0.4) is 0 Å². The first-order valence-electron chi connectivity index (χ1n) is 8.44. The lowest BCUT2D eigenvalue weighted by Crippen LogP contribution is -2.39. The highest BCUT2D eigenvalue weighted by molar-refractivity contribution is 6.03. The molecule has 0 fully saturated rings. The van der Waals surface area contributed by atoms with E-state index in [0.29, 0.717) is 22.6 Å². The van der Waals surface area contributed by atoms with Gasteiger partial charge in [-0.15, -0.1) is 0 Å². The molecule has 7 heteroatoms. The fourth-order valence-corrected chi connectivity index (χ4v) is 3.08. The number of likely N-dealkylation sites (N-methyl/N-ethyl adjacent to an activating group) is 1. The van der Waals surface area contributed by atoms with Gasteiger partial charge >= 0.3 is 0 Å². The van der Waals surface area contributed by atoms with Gasteiger partial charge in [0.05, 0.1) is 19.6 Å². The van der Waals surface area contributed by atoms with Crippen LogP contribution in [0, 0.1) is 0 Å². The number of amides is 2. The maximum absolute atomic E-state index is 12.9. The summed E-state index contributed by atoms with van der Waals surface area (Å²) in [6.07, 6.45) is 0.0107. The third-order valence-electron chi connectivity index (χ3n) is 4.54. The molecule has 0 spiro atoms. The van der Waals surface area contributed by atoms with Gasteiger partial charge < -0.3 is 20.1 Å². The van der Waals surface area contributed by atoms with Crippen molar-refractivity contribution >= 4 is 23.3 Å². The number of anilines is 1. The second-order valence-electron chi connectivity index (χ2n) is 6.42. The number of Topliss-reactive ketones (excluding diaryl/α,β-unsaturated/α-hetero) is 1. The molecule has 0 saturated heterocycles. The van der Waals surface area contributed by atoms with E-state index in [1.54, 1.807) is 18.2 Å². The van der Waals surface area contributed by atoms with Crippen LogP contribution in [0.15, 0.2) is 42.5 Å². The lowest BCUT2D eigenvalue weighted by molar-refractivity contribution is -0.133. The van der Waals surface area contributed by atoms with Crippen molar-refractivity contribution in [1.82, 2.24) is 4.90 Å². The van der Waals surface area contributed by atoms with E-state index in [4.69, 9.17) is 4.74 Å². The summed E-state index contributed by atoms with van der Waals surface area (Å²) in [5.74, 6) is -0.838. The first-order valence-corrected chi connectivity index (χ1v) is 8.44. The molecule has 2 N–H and O–H groups in total. The number of benzene rings is 2. The molecule has 1 heterocycles. The number of nitrogens with zero attached hydrogens (tertiary/aromatic N) is 1. The van der Waals surface area contributed by atoms with Crippen molar-refractivity contribution in [1.29, 1.82) is 0 Å². The van der Waals surface area contributed by atoms with Gasteiger partial charge in [-0.1, -0.05) is 0 Å². The largest absolute Gasteiger partial charge is 0.508 e. The molecule has 0 aromatic heterocycles. The zero-order chi connectivity index (χ0) is 19.6. The maximum atomic E-state index is 12.9. The molecule has 1 atom stereocenters. The second kappa shape index (κ2) is 7.49. The molecule has 140 valence electrons. The number of nitrogens with one attached hydrogen (secondary N) is 1. The minimum Gasteiger partial charge on any atom is -0.508 e. The number of aromatic hydroxyl groups is 1. The first kappa shape index (κ1) is 18.4. The van der Waals surface area contributed by atoms with Gasteiger partial charge in [-0.05, 0) is 48.0 Å². The smallest absolute Gasteiger partial charge is 0.230 e. The zero-order valence-corrected chi connectivity index (χ0v) is 15.1. The van der Waals surface area contributed by atoms with E-state index in [0.717, 1.165) is 0 Å². The molecule has 0 radical (unpaired) electrons. The lowest BCUT2D eigenvalue weighted by Gasteiger charge is -2.28. The van der Waals surface area contributed by atoms with Crippen molar-refractivity contribution in [3.63, 3.8) is 0 Å². The van der Waals surface area contributed by atoms with E-state index in [1.165, 1.54) is 43.3 Å². The van der Waals surface area contributed by atoms with Crippen LogP contribution >= 0.6 is 0 Å². The number of hydrogen-bond acceptors (Lipinski definition) is 5. The molecule has 1 aliphatic heterocycles. The van der Waals surface area contributed by atoms with Crippen molar-refractivity contribution in [3.8, 4) is 11.5 Å². The molecule has 2 amide bonds. The minimum atomic E-state index is -0.679. The topological polar surface area (TPSA) is 95.9 Å². The van der Waals surface area contributed by atoms with Crippen LogP contribution in [0.2, 0.25) is 0 Å². The molecule has 7 nitrogen and oxygen atoms in total. The van der Waals surface area contributed by atoms with Gasteiger partial charge in [0.2, 0.25) is 11.8 Å². The molecule has 2 aromatic rings. The molecule has 0 bridgehead atoms. The maximum Gasteiger partial charge on any atom is 0.230 e. The van der Waals surface area contributed by atoms with Crippen molar-refractivity contribution in [2.24, 2.45) is 0 Å². The van der Waals surface area contributed by atoms with Crippen LogP contribution in [0.25, 0.3) is 0 Å². The average molecular weight is 368 g/mol. The molecular formula is C20H20N2O5. The number of hydrogen-bond donors (Lipinski definition) is 2. The molecule has 0 aliphatic carbocycles. The average Bonchev–Trinajstić information content (AvgIpc) is 2.66. The van der Waals surface area contributed by atoms with Gasteiger partial charge in [-0.25, -0.2) is 0 Å². The lowest BCUT2D eigenvalue weighted by atomic mass is 9.89. The van der Waals surface area contributed by atoms with Crippen molar-refractivity contribution in [2.75, 3.05) is 26.0 Å². The number of fused-ring (bicyclic) bond motifs is 1. The molecule has 2 aromatic carbocycles. The summed E-state index contributed by atoms with van der Waals surface area (Å²) in [4.78, 5) is 38.6. The van der Waals surface area contributed by atoms with Crippen molar-refractivity contribution < 1.29 is 24.2 Å². The van der Waals surface area contributed by atoms with Gasteiger partial charge in [0, 0.05) is 24.7 Å². The molecule has 1 unspecified atom stereocenters. The Morgan fingerprint density at radius 1 is 1.22 bits per heavy atom. The van der Waals surface area contributed by atoms with E-state index in [-0.39, 0.29) is 36.3 Å². The van der Waals surface area contributed by atoms with Crippen LogP contribution < -0.4 is 10.1 Å². The van der Waals surface area contributed by atoms with E-state index >= 15 is 0 Å². The monoisotopic (exact) mass is 368 g/mol. The number of carbonyl (C=O) groups excluding carboxylic acids is 3. The summed E-state index contributed by atoms with van der Waals surface area (Å²) in [5.41, 5.74) is 1.64. The summed E-state index contributed by atoms with van der Waals surface area (Å²) < 4.78 is 5.22. The molecular weight excluding hydrogens is 348 g/mol. The van der Waals surface area contributed by atoms with E-state index in [9.17, 15) is 19.5 Å². The van der Waals surface area contributed by atoms with E-state index in [2.05, 4.69) is 5.32 Å². The van der Waals surface area contributed by atoms with Gasteiger partial charge in [-0.2, -0.15) is 0 Å². The van der Waals surface area contributed by atoms with Crippen molar-refractivity contribution in [3.05, 3.63) is 53.6 Å². The molecule has 1 aliphatic rings. The van der Waals surface area contributed by atoms with Crippen LogP contribution in [-0.2, 0) is 9.59 Å². The van der Waals surface area contributed by atoms with Crippen LogP contribution in [0.1, 0.15) is 28.3 Å². The van der Waals surface area contributed by atoms with Gasteiger partial charge in [0.1, 0.15) is 11.5 Å². The predicted octanol–water partition coefficient (Wildman–Crippen LogP) is 2.17. The Hall–Kier alpha value is -3.35. The highest BCUT2D eigenvalue weighted by Crippen LogP contribution is 2.35. The third-order valence-corrected chi connectivity index (χ3v) is 4.54. The second-order valence-corrected chi connectivity index (χ2v) is 6.42. The summed E-state index contributed by atoms with van der Waals surface area (Å²) >= 11 is 0. The number of carbonyl (C=O) groups is 3. The standard InChI is InChI=1S/C20H20N2O5/c1-22(11-18(24)12-3-5-13(23)6-4-12)20(26)16-10-19(25)21-17-8-7-14(27-2)9-15(16)17/h3-9,16,23H,10-11H2,1-2H3,(H,21,25). The fourth-order valence-electron chi connectivity index (χ4n) is 3.08. The van der Waals surface area contributed by atoms with Crippen LogP contribution in [0.4, 0.5) is 5.69 Å². The summed E-state index contributed by atoms with van der Waals surface area (Å²) in [6, 6.07) is 11.0. The highest BCUT2D eigenvalue weighted by Gasteiger charge is 2.33. The Labute approximate surface area is 156 Å². The van der Waals surface area contributed by atoms with E-state index in [1.807, 2.05) is 0 Å². The highest BCUT2D eigenvalue weighted by atomic mass is 16.5. The number of ketones is 1. The third kappa shape index (κ3) is 3.92. The van der Waals surface area contributed by atoms with Crippen LogP contribution in [0.5, 0.6) is 11.5 Å². The normalized spacial score (nSPS) is 15.5. The Morgan fingerprint density at radius 3 is 2.59 bits per heavy atom. The Morgan fingerprint density at radius 2 is 1.93 bits per heavy atom.